The van der Waals surface area contributed by atoms with E-state index in [2.05, 4.69) is 15.0 Å². The first-order valence-corrected chi connectivity index (χ1v) is 8.04. The number of aromatic nitrogens is 1. The summed E-state index contributed by atoms with van der Waals surface area (Å²) < 4.78 is 93.2. The molecule has 0 fully saturated rings. The van der Waals surface area contributed by atoms with Gasteiger partial charge in [0, 0.05) is 23.9 Å². The molecule has 0 amide bonds. The minimum atomic E-state index is -6.37. The first-order valence-electron chi connectivity index (χ1n) is 7.22. The second kappa shape index (κ2) is 6.00. The van der Waals surface area contributed by atoms with Gasteiger partial charge in [-0.25, -0.2) is 4.98 Å². The van der Waals surface area contributed by atoms with Gasteiger partial charge >= 0.3 is 18.0 Å². The molecule has 3 rings (SSSR count). The van der Waals surface area contributed by atoms with Crippen molar-refractivity contribution < 1.29 is 35.5 Å². The van der Waals surface area contributed by atoms with Crippen molar-refractivity contribution in [2.75, 3.05) is 19.0 Å². The molecule has 0 saturated carbocycles. The van der Waals surface area contributed by atoms with E-state index in [1.165, 1.54) is 29.5 Å². The molecule has 2 aromatic rings. The predicted octanol–water partition coefficient (Wildman–Crippen LogP) is 4.97. The van der Waals surface area contributed by atoms with Crippen LogP contribution in [0.1, 0.15) is 10.4 Å². The molecule has 0 aliphatic heterocycles. The summed E-state index contributed by atoms with van der Waals surface area (Å²) in [5.41, 5.74) is 2.12. The molecule has 1 heterocycles. The molecular weight excluding hydrogens is 389 g/mol. The van der Waals surface area contributed by atoms with Crippen LogP contribution in [0.25, 0.3) is 11.3 Å². The molecule has 1 aromatic heterocycles. The van der Waals surface area contributed by atoms with Crippen LogP contribution in [0.2, 0.25) is 0 Å². The lowest BCUT2D eigenvalue weighted by atomic mass is 10.1. The number of nitrogens with one attached hydrogen (secondary N) is 1. The number of fused-ring (bicyclic) bond motifs is 3. The number of thiazole rings is 1. The van der Waals surface area contributed by atoms with Crippen LogP contribution in [-0.2, 0) is 6.42 Å². The summed E-state index contributed by atoms with van der Waals surface area (Å²) in [7, 11) is 1.71. The third-order valence-corrected chi connectivity index (χ3v) is 4.90. The van der Waals surface area contributed by atoms with Crippen LogP contribution in [-0.4, -0.2) is 36.7 Å². The second-order valence-electron chi connectivity index (χ2n) is 5.60. The van der Waals surface area contributed by atoms with Crippen molar-refractivity contribution in [1.29, 1.82) is 0 Å². The molecule has 1 aromatic carbocycles. The lowest BCUT2D eigenvalue weighted by molar-refractivity contribution is -0.358. The van der Waals surface area contributed by atoms with Gasteiger partial charge in [-0.2, -0.15) is 30.7 Å². The highest BCUT2D eigenvalue weighted by Crippen LogP contribution is 2.47. The average Bonchev–Trinajstić information content (AvgIpc) is 3.08. The Balaban J connectivity index is 1.75. The van der Waals surface area contributed by atoms with Crippen molar-refractivity contribution in [1.82, 2.24) is 4.98 Å². The largest absolute Gasteiger partial charge is 0.487 e. The number of rotatable bonds is 5. The van der Waals surface area contributed by atoms with Crippen LogP contribution in [0.3, 0.4) is 0 Å². The van der Waals surface area contributed by atoms with Gasteiger partial charge in [0.25, 0.3) is 0 Å². The van der Waals surface area contributed by atoms with Gasteiger partial charge in [-0.3, -0.25) is 0 Å². The molecule has 0 radical (unpaired) electrons. The van der Waals surface area contributed by atoms with Crippen LogP contribution in [0.4, 0.5) is 35.9 Å². The summed E-state index contributed by atoms with van der Waals surface area (Å²) in [6.45, 7) is -2.09. The van der Waals surface area contributed by atoms with Crippen molar-refractivity contribution in [2.24, 2.45) is 0 Å². The molecule has 0 atom stereocenters. The number of hydrogen-bond donors (Lipinski definition) is 1. The van der Waals surface area contributed by atoms with E-state index < -0.39 is 24.6 Å². The van der Waals surface area contributed by atoms with Gasteiger partial charge in [-0.1, -0.05) is 0 Å². The van der Waals surface area contributed by atoms with Gasteiger partial charge in [0.1, 0.15) is 5.75 Å². The zero-order valence-electron chi connectivity index (χ0n) is 13.1. The SMILES string of the molecule is CNc1nc2c(s1)Cc1cc(OCC(F)(F)C(F)(F)C(F)(F)F)ccc1-2. The first-order chi connectivity index (χ1) is 12.0. The normalized spacial score (nSPS) is 14.2. The Morgan fingerprint density at radius 3 is 2.46 bits per heavy atom. The zero-order valence-corrected chi connectivity index (χ0v) is 13.9. The Kier molecular flexibility index (Phi) is 4.32. The fourth-order valence-electron chi connectivity index (χ4n) is 2.47. The van der Waals surface area contributed by atoms with Crippen LogP contribution < -0.4 is 10.1 Å². The number of hydrogen-bond acceptors (Lipinski definition) is 4. The summed E-state index contributed by atoms with van der Waals surface area (Å²) in [6, 6.07) is 4.08. The van der Waals surface area contributed by atoms with E-state index in [9.17, 15) is 30.7 Å². The molecule has 0 spiro atoms. The molecule has 0 unspecified atom stereocenters. The van der Waals surface area contributed by atoms with E-state index in [0.717, 1.165) is 16.1 Å². The summed E-state index contributed by atoms with van der Waals surface area (Å²) in [6.07, 6.45) is -5.93. The van der Waals surface area contributed by atoms with Gasteiger partial charge in [-0.05, 0) is 23.8 Å². The number of halogens is 7. The molecule has 0 bridgehead atoms. The average molecular weight is 400 g/mol. The lowest BCUT2D eigenvalue weighted by Crippen LogP contribution is -2.54. The van der Waals surface area contributed by atoms with Gasteiger partial charge in [0.2, 0.25) is 0 Å². The Hall–Kier alpha value is -2.04. The van der Waals surface area contributed by atoms with E-state index in [-0.39, 0.29) is 5.75 Å². The fourth-order valence-corrected chi connectivity index (χ4v) is 3.42. The minimum Gasteiger partial charge on any atom is -0.487 e. The van der Waals surface area contributed by atoms with Crippen molar-refractivity contribution in [3.05, 3.63) is 28.6 Å². The number of anilines is 1. The molecule has 0 saturated heterocycles. The Labute approximate surface area is 146 Å². The van der Waals surface area contributed by atoms with Crippen LogP contribution in [0.5, 0.6) is 5.75 Å². The molecule has 142 valence electrons. The summed E-state index contributed by atoms with van der Waals surface area (Å²) >= 11 is 1.40. The number of nitrogens with zero attached hydrogens (tertiary/aromatic N) is 1. The van der Waals surface area contributed by atoms with Crippen molar-refractivity contribution >= 4 is 16.5 Å². The van der Waals surface area contributed by atoms with E-state index in [1.807, 2.05) is 0 Å². The standard InChI is InChI=1S/C15H11F7N2OS/c1-23-12-24-11-9-3-2-8(4-7(9)5-10(11)26-12)25-6-13(16,17)14(18,19)15(20,21)22/h2-4H,5-6H2,1H3,(H,23,24). The molecule has 1 aliphatic rings. The molecule has 11 heteroatoms. The molecule has 1 aliphatic carbocycles. The van der Waals surface area contributed by atoms with Gasteiger partial charge in [0.15, 0.2) is 11.7 Å². The van der Waals surface area contributed by atoms with Crippen LogP contribution in [0.15, 0.2) is 18.2 Å². The maximum Gasteiger partial charge on any atom is 0.460 e. The lowest BCUT2D eigenvalue weighted by Gasteiger charge is -2.28. The van der Waals surface area contributed by atoms with Crippen LogP contribution in [0, 0.1) is 0 Å². The van der Waals surface area contributed by atoms with Gasteiger partial charge < -0.3 is 10.1 Å². The van der Waals surface area contributed by atoms with E-state index >= 15 is 0 Å². The van der Waals surface area contributed by atoms with Crippen molar-refractivity contribution in [3.8, 4) is 17.0 Å². The van der Waals surface area contributed by atoms with Crippen LogP contribution >= 0.6 is 11.3 Å². The zero-order chi connectivity index (χ0) is 19.3. The fraction of sp³-hybridized carbons (Fsp3) is 0.400. The highest BCUT2D eigenvalue weighted by molar-refractivity contribution is 7.16. The summed E-state index contributed by atoms with van der Waals surface area (Å²) in [5.74, 6) is -11.8. The van der Waals surface area contributed by atoms with E-state index in [4.69, 9.17) is 0 Å². The van der Waals surface area contributed by atoms with E-state index in [0.29, 0.717) is 17.1 Å². The molecule has 3 nitrogen and oxygen atoms in total. The summed E-state index contributed by atoms with van der Waals surface area (Å²) in [4.78, 5) is 5.27. The molecular formula is C15H11F7N2OS. The number of ether oxygens (including phenoxy) is 1. The monoisotopic (exact) mass is 400 g/mol. The smallest absolute Gasteiger partial charge is 0.460 e. The predicted molar refractivity (Wildman–Crippen MR) is 81.3 cm³/mol. The van der Waals surface area contributed by atoms with Crippen molar-refractivity contribution in [2.45, 2.75) is 24.4 Å². The highest BCUT2D eigenvalue weighted by atomic mass is 32.1. The topological polar surface area (TPSA) is 34.2 Å². The second-order valence-corrected chi connectivity index (χ2v) is 6.69. The van der Waals surface area contributed by atoms with Crippen molar-refractivity contribution in [3.63, 3.8) is 0 Å². The number of alkyl halides is 7. The van der Waals surface area contributed by atoms with Gasteiger partial charge in [-0.15, -0.1) is 11.3 Å². The third-order valence-electron chi connectivity index (χ3n) is 3.83. The minimum absolute atomic E-state index is 0.217. The maximum atomic E-state index is 13.3. The highest BCUT2D eigenvalue weighted by Gasteiger charge is 2.73. The first kappa shape index (κ1) is 18.7. The molecule has 26 heavy (non-hydrogen) atoms. The summed E-state index contributed by atoms with van der Waals surface area (Å²) in [5, 5.41) is 3.60. The molecule has 1 N–H and O–H groups in total. The Bertz CT molecular complexity index is 832. The van der Waals surface area contributed by atoms with E-state index in [1.54, 1.807) is 7.05 Å². The maximum absolute atomic E-state index is 13.3. The quantitative estimate of drug-likeness (QED) is 0.615. The Morgan fingerprint density at radius 2 is 1.85 bits per heavy atom. The van der Waals surface area contributed by atoms with Gasteiger partial charge in [0.05, 0.1) is 5.69 Å². The Morgan fingerprint density at radius 1 is 1.15 bits per heavy atom. The number of benzene rings is 1. The third kappa shape index (κ3) is 2.97.